The number of hydrogen-bond donors (Lipinski definition) is 1. The van der Waals surface area contributed by atoms with Gasteiger partial charge in [-0.1, -0.05) is 49.6 Å². The zero-order chi connectivity index (χ0) is 15.5. The van der Waals surface area contributed by atoms with E-state index in [-0.39, 0.29) is 5.75 Å². The van der Waals surface area contributed by atoms with Gasteiger partial charge in [-0.3, -0.25) is 0 Å². The van der Waals surface area contributed by atoms with Crippen molar-refractivity contribution in [2.24, 2.45) is 0 Å². The van der Waals surface area contributed by atoms with Gasteiger partial charge in [-0.15, -0.1) is 0 Å². The first kappa shape index (κ1) is 16.5. The number of ether oxygens (including phenoxy) is 1. The molecule has 0 atom stereocenters. The SMILES string of the molecule is C=C/C=C(\C=C)CCCOC(=O)/C=C/c1ccccc1O. The van der Waals surface area contributed by atoms with Crippen LogP contribution in [0.2, 0.25) is 0 Å². The Morgan fingerprint density at radius 3 is 2.71 bits per heavy atom. The fourth-order valence-electron chi connectivity index (χ4n) is 1.69. The van der Waals surface area contributed by atoms with Gasteiger partial charge in [0.25, 0.3) is 0 Å². The van der Waals surface area contributed by atoms with Gasteiger partial charge in [0, 0.05) is 11.6 Å². The third-order valence-electron chi connectivity index (χ3n) is 2.78. The van der Waals surface area contributed by atoms with Crippen LogP contribution in [0.3, 0.4) is 0 Å². The van der Waals surface area contributed by atoms with Crippen LogP contribution >= 0.6 is 0 Å². The van der Waals surface area contributed by atoms with Crippen LogP contribution in [0.4, 0.5) is 0 Å². The normalized spacial score (nSPS) is 11.3. The lowest BCUT2D eigenvalue weighted by atomic mass is 10.1. The monoisotopic (exact) mass is 284 g/mol. The van der Waals surface area contributed by atoms with Gasteiger partial charge in [0.15, 0.2) is 0 Å². The molecule has 0 heterocycles. The van der Waals surface area contributed by atoms with E-state index in [1.165, 1.54) is 12.2 Å². The summed E-state index contributed by atoms with van der Waals surface area (Å²) in [5.41, 5.74) is 1.64. The van der Waals surface area contributed by atoms with Crippen molar-refractivity contribution >= 4 is 12.0 Å². The third-order valence-corrected chi connectivity index (χ3v) is 2.78. The number of esters is 1. The molecule has 0 aliphatic rings. The van der Waals surface area contributed by atoms with Crippen LogP contribution in [-0.2, 0) is 9.53 Å². The van der Waals surface area contributed by atoms with E-state index in [1.807, 2.05) is 6.08 Å². The van der Waals surface area contributed by atoms with E-state index in [0.29, 0.717) is 12.2 Å². The lowest BCUT2D eigenvalue weighted by molar-refractivity contribution is -0.137. The molecule has 21 heavy (non-hydrogen) atoms. The Balaban J connectivity index is 2.35. The number of hydrogen-bond acceptors (Lipinski definition) is 3. The molecule has 110 valence electrons. The Hall–Kier alpha value is -2.55. The van der Waals surface area contributed by atoms with E-state index in [0.717, 1.165) is 18.4 Å². The zero-order valence-electron chi connectivity index (χ0n) is 12.0. The second-order valence-electron chi connectivity index (χ2n) is 4.34. The van der Waals surface area contributed by atoms with E-state index in [9.17, 15) is 9.90 Å². The van der Waals surface area contributed by atoms with Crippen LogP contribution in [-0.4, -0.2) is 17.7 Å². The quantitative estimate of drug-likeness (QED) is 0.339. The van der Waals surface area contributed by atoms with E-state index < -0.39 is 5.97 Å². The number of para-hydroxylation sites is 1. The minimum Gasteiger partial charge on any atom is -0.507 e. The number of benzene rings is 1. The number of phenols is 1. The summed E-state index contributed by atoms with van der Waals surface area (Å²) in [5, 5.41) is 9.55. The summed E-state index contributed by atoms with van der Waals surface area (Å²) in [6, 6.07) is 6.79. The lowest BCUT2D eigenvalue weighted by Gasteiger charge is -2.03. The molecule has 0 spiro atoms. The fourth-order valence-corrected chi connectivity index (χ4v) is 1.69. The van der Waals surface area contributed by atoms with Gasteiger partial charge in [-0.05, 0) is 30.6 Å². The molecule has 0 aliphatic carbocycles. The highest BCUT2D eigenvalue weighted by molar-refractivity contribution is 5.87. The summed E-state index contributed by atoms with van der Waals surface area (Å²) in [6.45, 7) is 7.67. The summed E-state index contributed by atoms with van der Waals surface area (Å²) in [4.78, 5) is 11.5. The second kappa shape index (κ2) is 9.37. The Labute approximate surface area is 125 Å². The Kier molecular flexibility index (Phi) is 7.36. The Morgan fingerprint density at radius 1 is 1.29 bits per heavy atom. The lowest BCUT2D eigenvalue weighted by Crippen LogP contribution is -2.02. The minimum absolute atomic E-state index is 0.131. The number of carbonyl (C=O) groups excluding carboxylic acids is 1. The van der Waals surface area contributed by atoms with Crippen molar-refractivity contribution in [3.05, 3.63) is 72.9 Å². The highest BCUT2D eigenvalue weighted by Gasteiger charge is 1.99. The maximum Gasteiger partial charge on any atom is 0.330 e. The molecule has 0 unspecified atom stereocenters. The maximum atomic E-state index is 11.5. The topological polar surface area (TPSA) is 46.5 Å². The molecule has 0 aliphatic heterocycles. The van der Waals surface area contributed by atoms with Crippen LogP contribution in [0.1, 0.15) is 18.4 Å². The van der Waals surface area contributed by atoms with Crippen molar-refractivity contribution in [3.8, 4) is 5.75 Å². The predicted molar refractivity (Wildman–Crippen MR) is 85.8 cm³/mol. The van der Waals surface area contributed by atoms with Gasteiger partial charge in [-0.25, -0.2) is 4.79 Å². The largest absolute Gasteiger partial charge is 0.507 e. The molecule has 1 aromatic rings. The third kappa shape index (κ3) is 6.43. The van der Waals surface area contributed by atoms with Crippen molar-refractivity contribution < 1.29 is 14.6 Å². The molecule has 1 aromatic carbocycles. The number of carbonyl (C=O) groups is 1. The predicted octanol–water partition coefficient (Wildman–Crippen LogP) is 4.03. The first-order valence-electron chi connectivity index (χ1n) is 6.74. The standard InChI is InChI=1S/C18H20O3/c1-3-8-15(4-2)9-7-14-21-18(20)13-12-16-10-5-6-11-17(16)19/h3-6,8,10-13,19H,1-2,7,9,14H2/b13-12+,15-8+. The van der Waals surface area contributed by atoms with Crippen molar-refractivity contribution in [2.75, 3.05) is 6.61 Å². The molecule has 3 heteroatoms. The second-order valence-corrected chi connectivity index (χ2v) is 4.34. The smallest absolute Gasteiger partial charge is 0.330 e. The van der Waals surface area contributed by atoms with Crippen LogP contribution in [0.25, 0.3) is 6.08 Å². The maximum absolute atomic E-state index is 11.5. The van der Waals surface area contributed by atoms with Crippen molar-refractivity contribution in [2.45, 2.75) is 12.8 Å². The van der Waals surface area contributed by atoms with Gasteiger partial charge >= 0.3 is 5.97 Å². The molecule has 0 fully saturated rings. The van der Waals surface area contributed by atoms with Gasteiger partial charge < -0.3 is 9.84 Å². The van der Waals surface area contributed by atoms with Crippen LogP contribution in [0.5, 0.6) is 5.75 Å². The van der Waals surface area contributed by atoms with Crippen molar-refractivity contribution in [1.82, 2.24) is 0 Å². The van der Waals surface area contributed by atoms with Crippen LogP contribution < -0.4 is 0 Å². The molecular formula is C18H20O3. The number of allylic oxidation sites excluding steroid dienone is 4. The number of phenolic OH excluding ortho intramolecular Hbond substituents is 1. The molecule has 1 rings (SSSR count). The summed E-state index contributed by atoms with van der Waals surface area (Å²) < 4.78 is 5.08. The van der Waals surface area contributed by atoms with Crippen molar-refractivity contribution in [3.63, 3.8) is 0 Å². The van der Waals surface area contributed by atoms with E-state index in [4.69, 9.17) is 4.74 Å². The van der Waals surface area contributed by atoms with Gasteiger partial charge in [0.2, 0.25) is 0 Å². The molecule has 0 amide bonds. The fraction of sp³-hybridized carbons (Fsp3) is 0.167. The first-order chi connectivity index (χ1) is 10.2. The molecule has 0 aromatic heterocycles. The molecule has 0 saturated carbocycles. The van der Waals surface area contributed by atoms with E-state index >= 15 is 0 Å². The molecular weight excluding hydrogens is 264 g/mol. The highest BCUT2D eigenvalue weighted by Crippen LogP contribution is 2.16. The summed E-state index contributed by atoms with van der Waals surface area (Å²) in [5.74, 6) is -0.294. The summed E-state index contributed by atoms with van der Waals surface area (Å²) in [7, 11) is 0. The molecule has 0 bridgehead atoms. The average molecular weight is 284 g/mol. The Bertz CT molecular complexity index is 553. The Morgan fingerprint density at radius 2 is 2.05 bits per heavy atom. The molecule has 3 nitrogen and oxygen atoms in total. The van der Waals surface area contributed by atoms with E-state index in [1.54, 1.807) is 36.4 Å². The van der Waals surface area contributed by atoms with Crippen LogP contribution in [0.15, 0.2) is 67.3 Å². The van der Waals surface area contributed by atoms with E-state index in [2.05, 4.69) is 13.2 Å². The number of aromatic hydroxyl groups is 1. The zero-order valence-corrected chi connectivity index (χ0v) is 12.0. The van der Waals surface area contributed by atoms with Crippen molar-refractivity contribution in [1.29, 1.82) is 0 Å². The van der Waals surface area contributed by atoms with Gasteiger partial charge in [-0.2, -0.15) is 0 Å². The van der Waals surface area contributed by atoms with Crippen LogP contribution in [0, 0.1) is 0 Å². The highest BCUT2D eigenvalue weighted by atomic mass is 16.5. The minimum atomic E-state index is -0.425. The number of rotatable bonds is 8. The van der Waals surface area contributed by atoms with Gasteiger partial charge in [0.1, 0.15) is 5.75 Å². The van der Waals surface area contributed by atoms with Gasteiger partial charge in [0.05, 0.1) is 6.61 Å². The molecule has 0 radical (unpaired) electrons. The first-order valence-corrected chi connectivity index (χ1v) is 6.74. The summed E-state index contributed by atoms with van der Waals surface area (Å²) >= 11 is 0. The summed E-state index contributed by atoms with van der Waals surface area (Å²) in [6.07, 6.45) is 9.70. The molecule has 0 saturated heterocycles. The molecule has 1 N–H and O–H groups in total. The average Bonchev–Trinajstić information content (AvgIpc) is 2.49.